The molecule has 0 saturated heterocycles. The van der Waals surface area contributed by atoms with E-state index in [1.54, 1.807) is 12.1 Å². The Kier molecular flexibility index (Phi) is 3.18. The van der Waals surface area contributed by atoms with Crippen LogP contribution in [0.25, 0.3) is 0 Å². The average Bonchev–Trinajstić information content (AvgIpc) is 2.63. The summed E-state index contributed by atoms with van der Waals surface area (Å²) in [6.45, 7) is 0. The summed E-state index contributed by atoms with van der Waals surface area (Å²) in [6.07, 6.45) is 0.899. The van der Waals surface area contributed by atoms with Crippen LogP contribution in [-0.2, 0) is 14.4 Å². The lowest BCUT2D eigenvalue weighted by atomic mass is 10.1. The molecule has 1 aromatic carbocycles. The van der Waals surface area contributed by atoms with Gasteiger partial charge in [-0.3, -0.25) is 14.4 Å². The minimum atomic E-state index is -0.672. The number of Topliss-reactive ketones (excluding diaryl/α,β-unsaturated/α-hetero) is 1. The van der Waals surface area contributed by atoms with Gasteiger partial charge in [0.05, 0.1) is 11.3 Å². The van der Waals surface area contributed by atoms with Crippen molar-refractivity contribution < 1.29 is 19.2 Å². The van der Waals surface area contributed by atoms with Gasteiger partial charge in [-0.25, -0.2) is 0 Å². The molecule has 92 valence electrons. The molecule has 1 aromatic rings. The summed E-state index contributed by atoms with van der Waals surface area (Å²) in [5, 5.41) is 4.97. The van der Waals surface area contributed by atoms with E-state index in [2.05, 4.69) is 10.6 Å². The van der Waals surface area contributed by atoms with Crippen molar-refractivity contribution in [2.75, 3.05) is 10.6 Å². The number of rotatable bonds is 4. The Morgan fingerprint density at radius 3 is 2.83 bits per heavy atom. The summed E-state index contributed by atoms with van der Waals surface area (Å²) < 4.78 is 0. The maximum Gasteiger partial charge on any atom is 0.296 e. The van der Waals surface area contributed by atoms with Crippen molar-refractivity contribution in [3.8, 4) is 0 Å². The SMILES string of the molecule is O=CCCC(=O)Nc1ccc2c(c1)C(=O)C(=O)N2. The molecule has 0 unspecified atom stereocenters. The molecule has 0 radical (unpaired) electrons. The molecule has 0 spiro atoms. The molecule has 0 bridgehead atoms. The zero-order valence-electron chi connectivity index (χ0n) is 9.36. The highest BCUT2D eigenvalue weighted by molar-refractivity contribution is 6.51. The fourth-order valence-corrected chi connectivity index (χ4v) is 1.63. The minimum Gasteiger partial charge on any atom is -0.326 e. The average molecular weight is 246 g/mol. The molecule has 0 aliphatic carbocycles. The lowest BCUT2D eigenvalue weighted by molar-refractivity contribution is -0.118. The maximum absolute atomic E-state index is 11.4. The molecular weight excluding hydrogens is 236 g/mol. The first kappa shape index (κ1) is 12.0. The topological polar surface area (TPSA) is 92.3 Å². The van der Waals surface area contributed by atoms with Gasteiger partial charge < -0.3 is 15.4 Å². The van der Waals surface area contributed by atoms with Crippen LogP contribution in [0.2, 0.25) is 0 Å². The smallest absolute Gasteiger partial charge is 0.296 e. The number of carbonyl (C=O) groups excluding carboxylic acids is 4. The van der Waals surface area contributed by atoms with Crippen LogP contribution < -0.4 is 10.6 Å². The second-order valence-corrected chi connectivity index (χ2v) is 3.80. The number of amides is 2. The van der Waals surface area contributed by atoms with Gasteiger partial charge in [0.1, 0.15) is 6.29 Å². The predicted molar refractivity (Wildman–Crippen MR) is 63.3 cm³/mol. The van der Waals surface area contributed by atoms with E-state index in [-0.39, 0.29) is 24.3 Å². The number of fused-ring (bicyclic) bond motifs is 1. The fourth-order valence-electron chi connectivity index (χ4n) is 1.63. The third kappa shape index (κ3) is 2.27. The monoisotopic (exact) mass is 246 g/mol. The molecule has 6 heteroatoms. The molecule has 2 amide bonds. The van der Waals surface area contributed by atoms with Crippen LogP contribution in [0.4, 0.5) is 11.4 Å². The van der Waals surface area contributed by atoms with E-state index in [1.165, 1.54) is 6.07 Å². The Bertz CT molecular complexity index is 551. The van der Waals surface area contributed by atoms with Crippen LogP contribution in [-0.4, -0.2) is 23.9 Å². The number of anilines is 2. The summed E-state index contributed by atoms with van der Waals surface area (Å²) in [5.41, 5.74) is 1.11. The van der Waals surface area contributed by atoms with Gasteiger partial charge in [0, 0.05) is 18.5 Å². The van der Waals surface area contributed by atoms with Crippen molar-refractivity contribution in [1.29, 1.82) is 0 Å². The van der Waals surface area contributed by atoms with Gasteiger partial charge in [-0.05, 0) is 18.2 Å². The first-order chi connectivity index (χ1) is 8.61. The molecule has 1 heterocycles. The van der Waals surface area contributed by atoms with Crippen LogP contribution in [0, 0.1) is 0 Å². The van der Waals surface area contributed by atoms with Crippen molar-refractivity contribution in [2.45, 2.75) is 12.8 Å². The van der Waals surface area contributed by atoms with E-state index in [0.29, 0.717) is 17.7 Å². The molecular formula is C12H10N2O4. The normalized spacial score (nSPS) is 12.9. The van der Waals surface area contributed by atoms with Gasteiger partial charge >= 0.3 is 0 Å². The first-order valence-corrected chi connectivity index (χ1v) is 5.35. The number of hydrogen-bond donors (Lipinski definition) is 2. The number of hydrogen-bond acceptors (Lipinski definition) is 4. The molecule has 0 aromatic heterocycles. The van der Waals surface area contributed by atoms with Crippen LogP contribution in [0.1, 0.15) is 23.2 Å². The largest absolute Gasteiger partial charge is 0.326 e. The van der Waals surface area contributed by atoms with Gasteiger partial charge in [-0.1, -0.05) is 0 Å². The van der Waals surface area contributed by atoms with Gasteiger partial charge in [-0.2, -0.15) is 0 Å². The Labute approximate surface area is 102 Å². The van der Waals surface area contributed by atoms with E-state index in [1.807, 2.05) is 0 Å². The zero-order valence-corrected chi connectivity index (χ0v) is 9.36. The Hall–Kier alpha value is -2.50. The third-order valence-electron chi connectivity index (χ3n) is 2.49. The highest BCUT2D eigenvalue weighted by Crippen LogP contribution is 2.26. The van der Waals surface area contributed by atoms with Gasteiger partial charge in [0.15, 0.2) is 0 Å². The molecule has 2 N–H and O–H groups in total. The lowest BCUT2D eigenvalue weighted by Gasteiger charge is -2.05. The van der Waals surface area contributed by atoms with E-state index < -0.39 is 11.7 Å². The molecule has 0 saturated carbocycles. The summed E-state index contributed by atoms with van der Waals surface area (Å²) >= 11 is 0. The van der Waals surface area contributed by atoms with E-state index >= 15 is 0 Å². The van der Waals surface area contributed by atoms with E-state index in [9.17, 15) is 19.2 Å². The Balaban J connectivity index is 2.13. The van der Waals surface area contributed by atoms with Crippen LogP contribution >= 0.6 is 0 Å². The summed E-state index contributed by atoms with van der Waals surface area (Å²) in [5.74, 6) is -1.60. The first-order valence-electron chi connectivity index (χ1n) is 5.35. The minimum absolute atomic E-state index is 0.0890. The van der Waals surface area contributed by atoms with Crippen LogP contribution in [0.5, 0.6) is 0 Å². The van der Waals surface area contributed by atoms with Crippen molar-refractivity contribution in [3.05, 3.63) is 23.8 Å². The number of benzene rings is 1. The van der Waals surface area contributed by atoms with Crippen molar-refractivity contribution in [2.24, 2.45) is 0 Å². The highest BCUT2D eigenvalue weighted by Gasteiger charge is 2.27. The van der Waals surface area contributed by atoms with Gasteiger partial charge in [0.25, 0.3) is 11.7 Å². The standard InChI is InChI=1S/C12H10N2O4/c15-5-1-2-10(16)13-7-3-4-9-8(6-7)11(17)12(18)14-9/h3-6H,1-2H2,(H,13,16)(H,14,17,18). The van der Waals surface area contributed by atoms with Crippen molar-refractivity contribution in [1.82, 2.24) is 0 Å². The number of aldehydes is 1. The summed E-state index contributed by atoms with van der Waals surface area (Å²) in [7, 11) is 0. The van der Waals surface area contributed by atoms with Crippen LogP contribution in [0.15, 0.2) is 18.2 Å². The maximum atomic E-state index is 11.4. The molecule has 1 aliphatic heterocycles. The second kappa shape index (κ2) is 4.79. The molecule has 2 rings (SSSR count). The van der Waals surface area contributed by atoms with Gasteiger partial charge in [-0.15, -0.1) is 0 Å². The van der Waals surface area contributed by atoms with E-state index in [4.69, 9.17) is 0 Å². The highest BCUT2D eigenvalue weighted by atomic mass is 16.2. The number of ketones is 1. The summed E-state index contributed by atoms with van der Waals surface area (Å²) in [4.78, 5) is 44.1. The fraction of sp³-hybridized carbons (Fsp3) is 0.167. The van der Waals surface area contributed by atoms with Crippen molar-refractivity contribution >= 4 is 35.3 Å². The van der Waals surface area contributed by atoms with Crippen molar-refractivity contribution in [3.63, 3.8) is 0 Å². The quantitative estimate of drug-likeness (QED) is 0.605. The molecule has 0 atom stereocenters. The molecule has 1 aliphatic rings. The van der Waals surface area contributed by atoms with Crippen LogP contribution in [0.3, 0.4) is 0 Å². The molecule has 6 nitrogen and oxygen atoms in total. The Morgan fingerprint density at radius 1 is 1.33 bits per heavy atom. The molecule has 0 fully saturated rings. The number of carbonyl (C=O) groups is 4. The third-order valence-corrected chi connectivity index (χ3v) is 2.49. The zero-order chi connectivity index (χ0) is 13.1. The number of nitrogens with one attached hydrogen (secondary N) is 2. The lowest BCUT2D eigenvalue weighted by Crippen LogP contribution is -2.13. The molecule has 18 heavy (non-hydrogen) atoms. The Morgan fingerprint density at radius 2 is 2.11 bits per heavy atom. The van der Waals surface area contributed by atoms with E-state index in [0.717, 1.165) is 0 Å². The summed E-state index contributed by atoms with van der Waals surface area (Å²) in [6, 6.07) is 4.57. The predicted octanol–water partition coefficient (Wildman–Crippen LogP) is 0.739. The van der Waals surface area contributed by atoms with Gasteiger partial charge in [0.2, 0.25) is 5.91 Å². The second-order valence-electron chi connectivity index (χ2n) is 3.80.